The van der Waals surface area contributed by atoms with Crippen molar-refractivity contribution >= 4 is 63.5 Å². The molecule has 9 heteroatoms. The van der Waals surface area contributed by atoms with E-state index in [-0.39, 0.29) is 16.4 Å². The van der Waals surface area contributed by atoms with Crippen LogP contribution in [-0.4, -0.2) is 30.1 Å². The molecule has 6 nitrogen and oxygen atoms in total. The lowest BCUT2D eigenvalue weighted by Gasteiger charge is -2.29. The summed E-state index contributed by atoms with van der Waals surface area (Å²) in [5.41, 5.74) is 0.314. The van der Waals surface area contributed by atoms with E-state index in [1.807, 2.05) is 6.92 Å². The van der Waals surface area contributed by atoms with Gasteiger partial charge in [0.2, 0.25) is 0 Å². The van der Waals surface area contributed by atoms with Crippen LogP contribution in [0.1, 0.15) is 12.5 Å². The van der Waals surface area contributed by atoms with Crippen LogP contribution in [0.4, 0.5) is 10.1 Å². The summed E-state index contributed by atoms with van der Waals surface area (Å²) in [6.45, 7) is 6.17. The number of rotatable bonds is 7. The number of halogens is 2. The Morgan fingerprint density at radius 1 is 1.26 bits per heavy atom. The quantitative estimate of drug-likeness (QED) is 0.183. The van der Waals surface area contributed by atoms with Crippen molar-refractivity contribution in [2.75, 3.05) is 18.1 Å². The molecule has 0 atom stereocenters. The number of hydrogen-bond acceptors (Lipinski definition) is 5. The number of benzene rings is 2. The summed E-state index contributed by atoms with van der Waals surface area (Å²) in [4.78, 5) is 26.6. The molecule has 1 saturated heterocycles. The van der Waals surface area contributed by atoms with Gasteiger partial charge < -0.3 is 9.47 Å². The van der Waals surface area contributed by atoms with Gasteiger partial charge in [0, 0.05) is 0 Å². The molecular formula is C22H18FIN2O4S. The lowest BCUT2D eigenvalue weighted by molar-refractivity contribution is -0.122. The second-order valence-corrected chi connectivity index (χ2v) is 7.82. The standard InChI is InChI=1S/C22H18FIN2O4S/c1-3-9-30-19-16(24)11-13(12-18(19)29-4-2)10-14-20(27)25-22(31)26(21(14)28)17-8-6-5-7-15(17)23/h3,5-8,10-12H,1,4,9H2,2H3,(H,25,27,31)/b14-10+. The molecule has 0 spiro atoms. The molecule has 2 aromatic carbocycles. The molecule has 3 rings (SSSR count). The maximum atomic E-state index is 14.3. The van der Waals surface area contributed by atoms with Crippen LogP contribution >= 0.6 is 34.8 Å². The average Bonchev–Trinajstić information content (AvgIpc) is 2.72. The minimum absolute atomic E-state index is 0.0406. The van der Waals surface area contributed by atoms with Gasteiger partial charge in [0.1, 0.15) is 18.0 Å². The topological polar surface area (TPSA) is 67.9 Å². The Hall–Kier alpha value is -2.79. The number of para-hydroxylation sites is 1. The molecule has 1 fully saturated rings. The monoisotopic (exact) mass is 552 g/mol. The highest BCUT2D eigenvalue weighted by Crippen LogP contribution is 2.35. The van der Waals surface area contributed by atoms with Gasteiger partial charge in [0.25, 0.3) is 11.8 Å². The van der Waals surface area contributed by atoms with E-state index in [0.29, 0.717) is 30.3 Å². The van der Waals surface area contributed by atoms with Crippen LogP contribution in [0, 0.1) is 9.39 Å². The van der Waals surface area contributed by atoms with Gasteiger partial charge >= 0.3 is 0 Å². The molecule has 0 aliphatic carbocycles. The zero-order valence-corrected chi connectivity index (χ0v) is 19.5. The lowest BCUT2D eigenvalue weighted by Crippen LogP contribution is -2.54. The first kappa shape index (κ1) is 22.9. The van der Waals surface area contributed by atoms with E-state index in [1.54, 1.807) is 24.3 Å². The molecule has 160 valence electrons. The third kappa shape index (κ3) is 4.93. The van der Waals surface area contributed by atoms with Gasteiger partial charge in [0.05, 0.1) is 15.9 Å². The molecule has 31 heavy (non-hydrogen) atoms. The number of hydrogen-bond donors (Lipinski definition) is 1. The van der Waals surface area contributed by atoms with Crippen molar-refractivity contribution in [3.05, 3.63) is 69.6 Å². The molecule has 1 aliphatic heterocycles. The minimum Gasteiger partial charge on any atom is -0.490 e. The Morgan fingerprint density at radius 2 is 2.00 bits per heavy atom. The second-order valence-electron chi connectivity index (χ2n) is 6.27. The van der Waals surface area contributed by atoms with Crippen molar-refractivity contribution in [3.8, 4) is 11.5 Å². The highest BCUT2D eigenvalue weighted by atomic mass is 127. The Balaban J connectivity index is 2.04. The summed E-state index contributed by atoms with van der Waals surface area (Å²) >= 11 is 7.19. The summed E-state index contributed by atoms with van der Waals surface area (Å²) in [5.74, 6) is -1.02. The van der Waals surface area contributed by atoms with Crippen LogP contribution < -0.4 is 19.7 Å². The number of carbonyl (C=O) groups is 2. The zero-order valence-electron chi connectivity index (χ0n) is 16.5. The van der Waals surface area contributed by atoms with Gasteiger partial charge in [-0.3, -0.25) is 14.9 Å². The fourth-order valence-corrected chi connectivity index (χ4v) is 3.95. The van der Waals surface area contributed by atoms with E-state index in [2.05, 4.69) is 34.5 Å². The van der Waals surface area contributed by atoms with Crippen molar-refractivity contribution in [1.29, 1.82) is 0 Å². The summed E-state index contributed by atoms with van der Waals surface area (Å²) in [7, 11) is 0. The van der Waals surface area contributed by atoms with E-state index in [1.165, 1.54) is 24.3 Å². The van der Waals surface area contributed by atoms with Crippen LogP contribution in [0.3, 0.4) is 0 Å². The number of nitrogens with one attached hydrogen (secondary N) is 1. The fourth-order valence-electron chi connectivity index (χ4n) is 2.89. The Kier molecular flexibility index (Phi) is 7.39. The van der Waals surface area contributed by atoms with Crippen molar-refractivity contribution in [2.24, 2.45) is 0 Å². The third-order valence-corrected chi connectivity index (χ3v) is 5.27. The first-order valence-corrected chi connectivity index (χ1v) is 10.7. The van der Waals surface area contributed by atoms with E-state index < -0.39 is 17.6 Å². The number of thiocarbonyl (C=S) groups is 1. The number of anilines is 1. The third-order valence-electron chi connectivity index (χ3n) is 4.18. The van der Waals surface area contributed by atoms with Crippen LogP contribution in [0.2, 0.25) is 0 Å². The predicted octanol–water partition coefficient (Wildman–Crippen LogP) is 4.23. The second kappa shape index (κ2) is 10.0. The molecule has 0 aromatic heterocycles. The maximum absolute atomic E-state index is 14.3. The SMILES string of the molecule is C=CCOc1c(I)cc(/C=C2\C(=O)NC(=S)N(c3ccccc3F)C2=O)cc1OCC. The average molecular weight is 552 g/mol. The van der Waals surface area contributed by atoms with Crippen molar-refractivity contribution < 1.29 is 23.5 Å². The highest BCUT2D eigenvalue weighted by Gasteiger charge is 2.35. The molecule has 0 unspecified atom stereocenters. The van der Waals surface area contributed by atoms with Crippen molar-refractivity contribution in [3.63, 3.8) is 0 Å². The largest absolute Gasteiger partial charge is 0.490 e. The summed E-state index contributed by atoms with van der Waals surface area (Å²) in [5, 5.41) is 2.26. The predicted molar refractivity (Wildman–Crippen MR) is 129 cm³/mol. The summed E-state index contributed by atoms with van der Waals surface area (Å²) in [6.07, 6.45) is 3.03. The van der Waals surface area contributed by atoms with E-state index in [4.69, 9.17) is 21.7 Å². The van der Waals surface area contributed by atoms with Crippen LogP contribution in [-0.2, 0) is 9.59 Å². The number of nitrogens with zero attached hydrogens (tertiary/aromatic N) is 1. The Labute approximate surface area is 197 Å². The summed E-state index contributed by atoms with van der Waals surface area (Å²) in [6, 6.07) is 9.11. The first-order valence-electron chi connectivity index (χ1n) is 9.23. The lowest BCUT2D eigenvalue weighted by atomic mass is 10.1. The normalized spacial score (nSPS) is 15.1. The van der Waals surface area contributed by atoms with Gasteiger partial charge in [-0.05, 0) is 77.6 Å². The molecule has 0 bridgehead atoms. The minimum atomic E-state index is -0.723. The van der Waals surface area contributed by atoms with Gasteiger partial charge in [0.15, 0.2) is 16.6 Å². The van der Waals surface area contributed by atoms with Gasteiger partial charge in [-0.15, -0.1) is 0 Å². The molecule has 0 saturated carbocycles. The Morgan fingerprint density at radius 3 is 2.68 bits per heavy atom. The first-order chi connectivity index (χ1) is 14.9. The van der Waals surface area contributed by atoms with Crippen LogP contribution in [0.25, 0.3) is 6.08 Å². The summed E-state index contributed by atoms with van der Waals surface area (Å²) < 4.78 is 26.3. The van der Waals surface area contributed by atoms with E-state index >= 15 is 0 Å². The number of carbonyl (C=O) groups excluding carboxylic acids is 2. The van der Waals surface area contributed by atoms with E-state index in [0.717, 1.165) is 8.47 Å². The maximum Gasteiger partial charge on any atom is 0.270 e. The molecule has 1 heterocycles. The van der Waals surface area contributed by atoms with Crippen LogP contribution in [0.5, 0.6) is 11.5 Å². The molecule has 1 N–H and O–H groups in total. The molecule has 0 radical (unpaired) electrons. The van der Waals surface area contributed by atoms with Gasteiger partial charge in [-0.1, -0.05) is 24.8 Å². The molecular weight excluding hydrogens is 534 g/mol. The van der Waals surface area contributed by atoms with Crippen molar-refractivity contribution in [1.82, 2.24) is 5.32 Å². The highest BCUT2D eigenvalue weighted by molar-refractivity contribution is 14.1. The zero-order chi connectivity index (χ0) is 22.5. The van der Waals surface area contributed by atoms with Crippen LogP contribution in [0.15, 0.2) is 54.6 Å². The Bertz CT molecular complexity index is 1100. The number of amides is 2. The molecule has 1 aliphatic rings. The van der Waals surface area contributed by atoms with Crippen molar-refractivity contribution in [2.45, 2.75) is 6.92 Å². The molecule has 2 aromatic rings. The molecule has 2 amide bonds. The smallest absolute Gasteiger partial charge is 0.270 e. The number of ether oxygens (including phenoxy) is 2. The van der Waals surface area contributed by atoms with Gasteiger partial charge in [-0.25, -0.2) is 9.29 Å². The van der Waals surface area contributed by atoms with Gasteiger partial charge in [-0.2, -0.15) is 0 Å². The van der Waals surface area contributed by atoms with E-state index in [9.17, 15) is 14.0 Å². The fraction of sp³-hybridized carbons (Fsp3) is 0.136.